The molecule has 0 saturated carbocycles. The molecule has 2 rings (SSSR count). The smallest absolute Gasteiger partial charge is 0.166 e. The average Bonchev–Trinajstić information content (AvgIpc) is 2.79. The highest BCUT2D eigenvalue weighted by molar-refractivity contribution is 6.29. The summed E-state index contributed by atoms with van der Waals surface area (Å²) in [6.07, 6.45) is 1.61. The van der Waals surface area contributed by atoms with Crippen molar-refractivity contribution in [3.05, 3.63) is 40.9 Å². The van der Waals surface area contributed by atoms with Crippen molar-refractivity contribution in [2.45, 2.75) is 20.1 Å². The topological polar surface area (TPSA) is 48.3 Å². The Bertz CT molecular complexity index is 574. The number of nitrogens with zero attached hydrogens (tertiary/aromatic N) is 2. The summed E-state index contributed by atoms with van der Waals surface area (Å²) in [7, 11) is 3.76. The van der Waals surface area contributed by atoms with E-state index in [0.29, 0.717) is 24.9 Å². The van der Waals surface area contributed by atoms with E-state index in [4.69, 9.17) is 21.1 Å². The lowest BCUT2D eigenvalue weighted by atomic mass is 10.2. The van der Waals surface area contributed by atoms with Crippen LogP contribution in [0.2, 0.25) is 5.15 Å². The molecule has 6 heteroatoms. The Kier molecular flexibility index (Phi) is 5.47. The van der Waals surface area contributed by atoms with Crippen molar-refractivity contribution in [1.29, 1.82) is 0 Å². The molecule has 1 aromatic heterocycles. The maximum atomic E-state index is 5.98. The second-order valence-corrected chi connectivity index (χ2v) is 4.94. The zero-order chi connectivity index (χ0) is 15.2. The van der Waals surface area contributed by atoms with Crippen LogP contribution in [0.15, 0.2) is 24.4 Å². The zero-order valence-electron chi connectivity index (χ0n) is 12.5. The summed E-state index contributed by atoms with van der Waals surface area (Å²) in [6, 6.07) is 5.88. The fourth-order valence-electron chi connectivity index (χ4n) is 2.02. The van der Waals surface area contributed by atoms with Gasteiger partial charge in [0.25, 0.3) is 0 Å². The van der Waals surface area contributed by atoms with E-state index in [9.17, 15) is 0 Å². The minimum atomic E-state index is 0.337. The molecule has 0 saturated heterocycles. The molecule has 0 aliphatic heterocycles. The predicted molar refractivity (Wildman–Crippen MR) is 82.9 cm³/mol. The minimum absolute atomic E-state index is 0.337. The predicted octanol–water partition coefficient (Wildman–Crippen LogP) is 2.77. The monoisotopic (exact) mass is 309 g/mol. The Balaban J connectivity index is 2.22. The van der Waals surface area contributed by atoms with Crippen molar-refractivity contribution in [3.63, 3.8) is 0 Å². The zero-order valence-corrected chi connectivity index (χ0v) is 13.3. The number of imidazole rings is 1. The van der Waals surface area contributed by atoms with Gasteiger partial charge in [-0.2, -0.15) is 0 Å². The van der Waals surface area contributed by atoms with Crippen molar-refractivity contribution in [3.8, 4) is 11.5 Å². The maximum absolute atomic E-state index is 5.98. The molecule has 2 aromatic rings. The van der Waals surface area contributed by atoms with Gasteiger partial charge in [-0.3, -0.25) is 0 Å². The van der Waals surface area contributed by atoms with E-state index in [1.807, 2.05) is 39.2 Å². The Labute approximate surface area is 129 Å². The third-order valence-corrected chi connectivity index (χ3v) is 3.45. The molecular formula is C15H20ClN3O2. The molecule has 1 heterocycles. The van der Waals surface area contributed by atoms with Crippen LogP contribution in [0.1, 0.15) is 18.3 Å². The number of halogens is 1. The first-order valence-electron chi connectivity index (χ1n) is 6.85. The third-order valence-electron chi connectivity index (χ3n) is 3.10. The van der Waals surface area contributed by atoms with E-state index in [-0.39, 0.29) is 0 Å². The number of benzene rings is 1. The van der Waals surface area contributed by atoms with Crippen molar-refractivity contribution >= 4 is 11.6 Å². The van der Waals surface area contributed by atoms with Crippen LogP contribution in [0.5, 0.6) is 11.5 Å². The van der Waals surface area contributed by atoms with Gasteiger partial charge in [0.05, 0.1) is 12.8 Å². The lowest BCUT2D eigenvalue weighted by molar-refractivity contribution is 0.258. The van der Waals surface area contributed by atoms with Gasteiger partial charge in [0, 0.05) is 19.2 Å². The molecule has 1 N–H and O–H groups in total. The largest absolute Gasteiger partial charge is 0.490 e. The van der Waals surface area contributed by atoms with Gasteiger partial charge >= 0.3 is 0 Å². The number of para-hydroxylation sites is 1. The van der Waals surface area contributed by atoms with Crippen molar-refractivity contribution in [2.75, 3.05) is 13.7 Å². The molecule has 0 atom stereocenters. The Hall–Kier alpha value is -1.72. The van der Waals surface area contributed by atoms with Gasteiger partial charge < -0.3 is 19.4 Å². The Morgan fingerprint density at radius 3 is 2.76 bits per heavy atom. The number of ether oxygens (including phenoxy) is 2. The number of nitrogens with one attached hydrogen (secondary N) is 1. The van der Waals surface area contributed by atoms with Crippen LogP contribution in [-0.4, -0.2) is 23.2 Å². The molecule has 0 spiro atoms. The van der Waals surface area contributed by atoms with Gasteiger partial charge in [-0.15, -0.1) is 0 Å². The third kappa shape index (κ3) is 3.68. The van der Waals surface area contributed by atoms with E-state index in [0.717, 1.165) is 22.9 Å². The van der Waals surface area contributed by atoms with E-state index in [1.54, 1.807) is 10.8 Å². The molecule has 0 unspecified atom stereocenters. The van der Waals surface area contributed by atoms with Crippen LogP contribution in [0.3, 0.4) is 0 Å². The second-order valence-electron chi connectivity index (χ2n) is 4.55. The van der Waals surface area contributed by atoms with Crippen molar-refractivity contribution in [1.82, 2.24) is 14.9 Å². The summed E-state index contributed by atoms with van der Waals surface area (Å²) >= 11 is 5.98. The average molecular weight is 310 g/mol. The van der Waals surface area contributed by atoms with Gasteiger partial charge in [0.15, 0.2) is 11.5 Å². The molecule has 5 nitrogen and oxygen atoms in total. The van der Waals surface area contributed by atoms with Gasteiger partial charge in [-0.05, 0) is 20.0 Å². The van der Waals surface area contributed by atoms with E-state index in [2.05, 4.69) is 10.3 Å². The highest BCUT2D eigenvalue weighted by atomic mass is 35.5. The van der Waals surface area contributed by atoms with Gasteiger partial charge in [0.2, 0.25) is 0 Å². The summed E-state index contributed by atoms with van der Waals surface area (Å²) in [4.78, 5) is 4.23. The standard InChI is InChI=1S/C15H20ClN3O2/c1-4-20-12-7-5-6-11(8-17-2)15(12)21-10-14-18-9-13(16)19(14)3/h5-7,9,17H,4,8,10H2,1-3H3. The van der Waals surface area contributed by atoms with Crippen LogP contribution < -0.4 is 14.8 Å². The van der Waals surface area contributed by atoms with Crippen LogP contribution in [0, 0.1) is 0 Å². The molecule has 0 aliphatic carbocycles. The van der Waals surface area contributed by atoms with E-state index < -0.39 is 0 Å². The SMILES string of the molecule is CCOc1cccc(CNC)c1OCc1ncc(Cl)n1C. The molecular weight excluding hydrogens is 290 g/mol. The number of rotatable bonds is 7. The summed E-state index contributed by atoms with van der Waals surface area (Å²) in [5.41, 5.74) is 1.05. The summed E-state index contributed by atoms with van der Waals surface area (Å²) < 4.78 is 13.4. The molecule has 1 aromatic carbocycles. The van der Waals surface area contributed by atoms with Crippen molar-refractivity contribution < 1.29 is 9.47 Å². The second kappa shape index (κ2) is 7.33. The van der Waals surface area contributed by atoms with Crippen LogP contribution >= 0.6 is 11.6 Å². The molecule has 0 bridgehead atoms. The first kappa shape index (κ1) is 15.7. The van der Waals surface area contributed by atoms with Crippen LogP contribution in [0.25, 0.3) is 0 Å². The minimum Gasteiger partial charge on any atom is -0.490 e. The van der Waals surface area contributed by atoms with Crippen LogP contribution in [-0.2, 0) is 20.2 Å². The lowest BCUT2D eigenvalue weighted by Crippen LogP contribution is -2.10. The fraction of sp³-hybridized carbons (Fsp3) is 0.400. The molecule has 0 aliphatic rings. The normalized spacial score (nSPS) is 10.7. The maximum Gasteiger partial charge on any atom is 0.166 e. The van der Waals surface area contributed by atoms with E-state index >= 15 is 0 Å². The Morgan fingerprint density at radius 2 is 2.14 bits per heavy atom. The lowest BCUT2D eigenvalue weighted by Gasteiger charge is -2.15. The Morgan fingerprint density at radius 1 is 1.33 bits per heavy atom. The number of aromatic nitrogens is 2. The van der Waals surface area contributed by atoms with Crippen LogP contribution in [0.4, 0.5) is 0 Å². The molecule has 114 valence electrons. The highest BCUT2D eigenvalue weighted by Gasteiger charge is 2.12. The van der Waals surface area contributed by atoms with E-state index in [1.165, 1.54) is 0 Å². The first-order chi connectivity index (χ1) is 10.2. The quantitative estimate of drug-likeness (QED) is 0.854. The first-order valence-corrected chi connectivity index (χ1v) is 7.23. The summed E-state index contributed by atoms with van der Waals surface area (Å²) in [5, 5.41) is 3.72. The summed E-state index contributed by atoms with van der Waals surface area (Å²) in [6.45, 7) is 3.59. The van der Waals surface area contributed by atoms with Crippen molar-refractivity contribution in [2.24, 2.45) is 7.05 Å². The molecule has 21 heavy (non-hydrogen) atoms. The molecule has 0 fully saturated rings. The molecule has 0 amide bonds. The number of hydrogen-bond donors (Lipinski definition) is 1. The summed E-state index contributed by atoms with van der Waals surface area (Å²) in [5.74, 6) is 2.25. The molecule has 0 radical (unpaired) electrons. The highest BCUT2D eigenvalue weighted by Crippen LogP contribution is 2.32. The number of hydrogen-bond acceptors (Lipinski definition) is 4. The van der Waals surface area contributed by atoms with Gasteiger partial charge in [-0.1, -0.05) is 23.7 Å². The van der Waals surface area contributed by atoms with Gasteiger partial charge in [0.1, 0.15) is 17.6 Å². The van der Waals surface area contributed by atoms with Gasteiger partial charge in [-0.25, -0.2) is 4.98 Å². The fourth-order valence-corrected chi connectivity index (χ4v) is 2.17.